The van der Waals surface area contributed by atoms with Crippen molar-refractivity contribution < 1.29 is 22.4 Å². The fourth-order valence-corrected chi connectivity index (χ4v) is 2.08. The van der Waals surface area contributed by atoms with Gasteiger partial charge in [-0.1, -0.05) is 32.0 Å². The van der Waals surface area contributed by atoms with Crippen LogP contribution in [0.4, 0.5) is 13.2 Å². The zero-order valence-corrected chi connectivity index (χ0v) is 13.0. The number of carbonyl (C=O) groups excluding carboxylic acids is 1. The zero-order chi connectivity index (χ0) is 17.2. The van der Waals surface area contributed by atoms with E-state index in [0.717, 1.165) is 6.07 Å². The predicted molar refractivity (Wildman–Crippen MR) is 77.9 cm³/mol. The van der Waals surface area contributed by atoms with Crippen molar-refractivity contribution in [2.24, 2.45) is 0 Å². The molecule has 0 saturated carbocycles. The lowest BCUT2D eigenvalue weighted by Crippen LogP contribution is -2.25. The van der Waals surface area contributed by atoms with E-state index in [4.69, 9.17) is 4.42 Å². The van der Waals surface area contributed by atoms with Gasteiger partial charge in [-0.15, -0.1) is 0 Å². The van der Waals surface area contributed by atoms with Gasteiger partial charge in [-0.3, -0.25) is 4.79 Å². The van der Waals surface area contributed by atoms with Gasteiger partial charge in [-0.25, -0.2) is 4.98 Å². The average Bonchev–Trinajstić information content (AvgIpc) is 2.86. The van der Waals surface area contributed by atoms with E-state index in [1.54, 1.807) is 6.92 Å². The monoisotopic (exact) mass is 326 g/mol. The molecule has 0 radical (unpaired) electrons. The van der Waals surface area contributed by atoms with Crippen LogP contribution in [0.25, 0.3) is 0 Å². The minimum Gasteiger partial charge on any atom is -0.445 e. The molecule has 2 aromatic rings. The van der Waals surface area contributed by atoms with Crippen molar-refractivity contribution in [3.63, 3.8) is 0 Å². The van der Waals surface area contributed by atoms with Crippen molar-refractivity contribution in [2.45, 2.75) is 39.4 Å². The first-order chi connectivity index (χ1) is 10.7. The Balaban J connectivity index is 2.14. The average molecular weight is 326 g/mol. The van der Waals surface area contributed by atoms with Crippen LogP contribution in [0.1, 0.15) is 53.0 Å². The molecule has 7 heteroatoms. The van der Waals surface area contributed by atoms with Gasteiger partial charge in [0, 0.05) is 12.5 Å². The summed E-state index contributed by atoms with van der Waals surface area (Å²) >= 11 is 0. The van der Waals surface area contributed by atoms with Gasteiger partial charge >= 0.3 is 6.18 Å². The molecule has 0 unspecified atom stereocenters. The Morgan fingerprint density at radius 2 is 1.96 bits per heavy atom. The number of carbonyl (C=O) groups is 1. The maximum Gasteiger partial charge on any atom is 0.416 e. The highest BCUT2D eigenvalue weighted by atomic mass is 19.4. The van der Waals surface area contributed by atoms with E-state index in [-0.39, 0.29) is 23.7 Å². The summed E-state index contributed by atoms with van der Waals surface area (Å²) in [7, 11) is 0. The van der Waals surface area contributed by atoms with Crippen molar-refractivity contribution in [1.29, 1.82) is 0 Å². The summed E-state index contributed by atoms with van der Waals surface area (Å²) in [5.74, 6) is 0.218. The minimum absolute atomic E-state index is 0.00131. The second-order valence-electron chi connectivity index (χ2n) is 5.45. The highest BCUT2D eigenvalue weighted by molar-refractivity contribution is 5.93. The summed E-state index contributed by atoms with van der Waals surface area (Å²) in [6, 6.07) is 5.12. The third kappa shape index (κ3) is 3.91. The number of alkyl halides is 3. The van der Waals surface area contributed by atoms with Gasteiger partial charge in [-0.05, 0) is 18.6 Å². The Labute approximate surface area is 131 Å². The SMILES string of the molecule is Cc1oc(C(C)C)nc1C(=O)NCc1ccccc1C(F)(F)F. The van der Waals surface area contributed by atoms with Crippen LogP contribution < -0.4 is 5.32 Å². The maximum atomic E-state index is 12.9. The summed E-state index contributed by atoms with van der Waals surface area (Å²) in [5, 5.41) is 2.46. The third-order valence-corrected chi connectivity index (χ3v) is 3.28. The smallest absolute Gasteiger partial charge is 0.416 e. The van der Waals surface area contributed by atoms with Crippen molar-refractivity contribution in [3.8, 4) is 0 Å². The molecule has 0 bridgehead atoms. The normalized spacial score (nSPS) is 11.8. The number of aromatic nitrogens is 1. The molecule has 4 nitrogen and oxygen atoms in total. The van der Waals surface area contributed by atoms with Gasteiger partial charge in [-0.2, -0.15) is 13.2 Å². The Hall–Kier alpha value is -2.31. The summed E-state index contributed by atoms with van der Waals surface area (Å²) < 4.78 is 44.1. The highest BCUT2D eigenvalue weighted by Gasteiger charge is 2.33. The second-order valence-corrected chi connectivity index (χ2v) is 5.45. The van der Waals surface area contributed by atoms with Crippen LogP contribution in [0, 0.1) is 6.92 Å². The lowest BCUT2D eigenvalue weighted by molar-refractivity contribution is -0.138. The first-order valence-corrected chi connectivity index (χ1v) is 7.10. The number of amides is 1. The minimum atomic E-state index is -4.46. The van der Waals surface area contributed by atoms with E-state index < -0.39 is 17.6 Å². The molecule has 1 aromatic carbocycles. The number of rotatable bonds is 4. The summed E-state index contributed by atoms with van der Waals surface area (Å²) in [6.07, 6.45) is -4.46. The molecule has 0 fully saturated rings. The first-order valence-electron chi connectivity index (χ1n) is 7.10. The highest BCUT2D eigenvalue weighted by Crippen LogP contribution is 2.31. The fourth-order valence-electron chi connectivity index (χ4n) is 2.08. The van der Waals surface area contributed by atoms with E-state index in [2.05, 4.69) is 10.3 Å². The largest absolute Gasteiger partial charge is 0.445 e. The Morgan fingerprint density at radius 3 is 2.52 bits per heavy atom. The summed E-state index contributed by atoms with van der Waals surface area (Å²) in [6.45, 7) is 5.09. The molecule has 1 aromatic heterocycles. The molecule has 0 saturated heterocycles. The number of halogens is 3. The fraction of sp³-hybridized carbons (Fsp3) is 0.375. The molecule has 0 spiro atoms. The predicted octanol–water partition coefficient (Wildman–Crippen LogP) is 4.06. The topological polar surface area (TPSA) is 55.1 Å². The molecule has 23 heavy (non-hydrogen) atoms. The Morgan fingerprint density at radius 1 is 1.30 bits per heavy atom. The number of nitrogens with one attached hydrogen (secondary N) is 1. The number of hydrogen-bond acceptors (Lipinski definition) is 3. The van der Waals surface area contributed by atoms with Crippen molar-refractivity contribution in [3.05, 3.63) is 52.7 Å². The van der Waals surface area contributed by atoms with Gasteiger partial charge in [0.1, 0.15) is 5.76 Å². The molecular weight excluding hydrogens is 309 g/mol. The second kappa shape index (κ2) is 6.44. The molecule has 1 heterocycles. The van der Waals surface area contributed by atoms with Crippen LogP contribution >= 0.6 is 0 Å². The van der Waals surface area contributed by atoms with E-state index in [9.17, 15) is 18.0 Å². The molecule has 1 amide bonds. The first kappa shape index (κ1) is 17.1. The molecule has 1 N–H and O–H groups in total. The van der Waals surface area contributed by atoms with Gasteiger partial charge in [0.15, 0.2) is 11.6 Å². The molecule has 2 rings (SSSR count). The van der Waals surface area contributed by atoms with Crippen LogP contribution in [0.5, 0.6) is 0 Å². The van der Waals surface area contributed by atoms with Gasteiger partial charge in [0.05, 0.1) is 5.56 Å². The molecule has 0 atom stereocenters. The van der Waals surface area contributed by atoms with E-state index in [1.807, 2.05) is 13.8 Å². The third-order valence-electron chi connectivity index (χ3n) is 3.28. The van der Waals surface area contributed by atoms with E-state index >= 15 is 0 Å². The van der Waals surface area contributed by atoms with Crippen LogP contribution in [-0.2, 0) is 12.7 Å². The molecule has 0 aliphatic carbocycles. The number of hydrogen-bond donors (Lipinski definition) is 1. The number of aryl methyl sites for hydroxylation is 1. The summed E-state index contributed by atoms with van der Waals surface area (Å²) in [4.78, 5) is 16.2. The number of nitrogens with zero attached hydrogens (tertiary/aromatic N) is 1. The molecular formula is C16H17F3N2O2. The van der Waals surface area contributed by atoms with Gasteiger partial charge in [0.25, 0.3) is 5.91 Å². The number of oxazole rings is 1. The van der Waals surface area contributed by atoms with Crippen LogP contribution in [0.2, 0.25) is 0 Å². The van der Waals surface area contributed by atoms with Crippen molar-refractivity contribution in [2.75, 3.05) is 0 Å². The van der Waals surface area contributed by atoms with Crippen LogP contribution in [0.15, 0.2) is 28.7 Å². The van der Waals surface area contributed by atoms with Gasteiger partial charge in [0.2, 0.25) is 0 Å². The lowest BCUT2D eigenvalue weighted by atomic mass is 10.1. The molecule has 124 valence electrons. The van der Waals surface area contributed by atoms with Crippen LogP contribution in [-0.4, -0.2) is 10.9 Å². The lowest BCUT2D eigenvalue weighted by Gasteiger charge is -2.12. The van der Waals surface area contributed by atoms with Crippen molar-refractivity contribution >= 4 is 5.91 Å². The zero-order valence-electron chi connectivity index (χ0n) is 13.0. The summed E-state index contributed by atoms with van der Waals surface area (Å²) in [5.41, 5.74) is -0.670. The van der Waals surface area contributed by atoms with E-state index in [0.29, 0.717) is 11.7 Å². The Kier molecular flexibility index (Phi) is 4.77. The Bertz CT molecular complexity index is 706. The van der Waals surface area contributed by atoms with E-state index in [1.165, 1.54) is 18.2 Å². The van der Waals surface area contributed by atoms with Crippen molar-refractivity contribution in [1.82, 2.24) is 10.3 Å². The quantitative estimate of drug-likeness (QED) is 0.922. The molecule has 0 aliphatic heterocycles. The van der Waals surface area contributed by atoms with Crippen LogP contribution in [0.3, 0.4) is 0 Å². The van der Waals surface area contributed by atoms with Gasteiger partial charge < -0.3 is 9.73 Å². The number of benzene rings is 1. The maximum absolute atomic E-state index is 12.9. The molecule has 0 aliphatic rings. The standard InChI is InChI=1S/C16H17F3N2O2/c1-9(2)15-21-13(10(3)23-15)14(22)20-8-11-6-4-5-7-12(11)16(17,18)19/h4-7,9H,8H2,1-3H3,(H,20,22).